The van der Waals surface area contributed by atoms with E-state index in [0.717, 1.165) is 72.9 Å². The number of nitrogens with zero attached hydrogens (tertiary/aromatic N) is 6. The van der Waals surface area contributed by atoms with Gasteiger partial charge in [0.1, 0.15) is 6.07 Å². The smallest absolute Gasteiger partial charge is 0.101 e. The first-order chi connectivity index (χ1) is 17.4. The Bertz CT molecular complexity index is 1270. The van der Waals surface area contributed by atoms with E-state index in [1.807, 2.05) is 25.1 Å². The molecule has 188 valence electrons. The number of rotatable bonds is 5. The molecule has 0 bridgehead atoms. The highest BCUT2D eigenvalue weighted by Crippen LogP contribution is 2.31. The lowest BCUT2D eigenvalue weighted by molar-refractivity contribution is -0.0382. The van der Waals surface area contributed by atoms with Crippen molar-refractivity contribution in [3.05, 3.63) is 59.5 Å². The summed E-state index contributed by atoms with van der Waals surface area (Å²) in [6.07, 6.45) is 1.95. The van der Waals surface area contributed by atoms with E-state index in [2.05, 4.69) is 62.8 Å². The molecule has 0 spiro atoms. The van der Waals surface area contributed by atoms with Gasteiger partial charge < -0.3 is 19.6 Å². The molecule has 0 radical (unpaired) electrons. The molecule has 4 heterocycles. The molecule has 2 saturated heterocycles. The number of benzene rings is 1. The monoisotopic (exact) mass is 486 g/mol. The molecule has 1 unspecified atom stereocenters. The molecule has 5 rings (SSSR count). The zero-order chi connectivity index (χ0) is 25.2. The minimum Gasteiger partial charge on any atom is -0.390 e. The van der Waals surface area contributed by atoms with Gasteiger partial charge >= 0.3 is 0 Å². The second kappa shape index (κ2) is 10.4. The summed E-state index contributed by atoms with van der Waals surface area (Å²) >= 11 is 0. The number of piperazine rings is 1. The lowest BCUT2D eigenvalue weighted by atomic mass is 10.1. The number of morpholine rings is 1. The van der Waals surface area contributed by atoms with Crippen LogP contribution < -0.4 is 9.80 Å². The maximum atomic E-state index is 9.55. The first kappa shape index (κ1) is 24.4. The van der Waals surface area contributed by atoms with Gasteiger partial charge in [-0.2, -0.15) is 5.26 Å². The standard InChI is InChI=1S/C28H34N6O2/c1-19-11-24(12-23(18-35)31-19)33-10-9-32(20(2)14-33)16-25-17-34(15-21(3)36-25)27-7-6-22(13-29)28-26(27)5-4-8-30-28/h4-8,11-12,20-21,25,35H,9-10,14-18H2,1-3H3/t20?,21-,25+/m1/s1. The number of aromatic nitrogens is 2. The van der Waals surface area contributed by atoms with E-state index in [0.29, 0.717) is 11.6 Å². The number of anilines is 2. The van der Waals surface area contributed by atoms with Gasteiger partial charge in [-0.1, -0.05) is 0 Å². The van der Waals surface area contributed by atoms with E-state index in [1.165, 1.54) is 0 Å². The predicted molar refractivity (Wildman–Crippen MR) is 141 cm³/mol. The van der Waals surface area contributed by atoms with Gasteiger partial charge in [0.25, 0.3) is 0 Å². The van der Waals surface area contributed by atoms with Crippen molar-refractivity contribution in [2.45, 2.75) is 45.6 Å². The van der Waals surface area contributed by atoms with Gasteiger partial charge in [-0.05, 0) is 57.2 Å². The van der Waals surface area contributed by atoms with Crippen molar-refractivity contribution in [1.82, 2.24) is 14.9 Å². The molecular weight excluding hydrogens is 452 g/mol. The zero-order valence-corrected chi connectivity index (χ0v) is 21.3. The van der Waals surface area contributed by atoms with Gasteiger partial charge in [-0.15, -0.1) is 0 Å². The highest BCUT2D eigenvalue weighted by Gasteiger charge is 2.31. The normalized spacial score (nSPS) is 23.1. The SMILES string of the molecule is Cc1cc(N2CCN(C[C@H]3CN(c4ccc(C#N)c5ncccc45)C[C@@H](C)O3)C(C)C2)cc(CO)n1. The largest absolute Gasteiger partial charge is 0.390 e. The number of fused-ring (bicyclic) bond motifs is 1. The van der Waals surface area contributed by atoms with Crippen LogP contribution in [0.25, 0.3) is 10.9 Å². The summed E-state index contributed by atoms with van der Waals surface area (Å²) in [6, 6.07) is 14.7. The third-order valence-electron chi connectivity index (χ3n) is 7.26. The first-order valence-corrected chi connectivity index (χ1v) is 12.7. The Morgan fingerprint density at radius 3 is 2.75 bits per heavy atom. The number of aliphatic hydroxyl groups excluding tert-OH is 1. The highest BCUT2D eigenvalue weighted by molar-refractivity contribution is 5.95. The van der Waals surface area contributed by atoms with Crippen molar-refractivity contribution in [3.8, 4) is 6.07 Å². The maximum Gasteiger partial charge on any atom is 0.101 e. The number of aryl methyl sites for hydroxylation is 1. The maximum absolute atomic E-state index is 9.55. The minimum atomic E-state index is -0.0392. The van der Waals surface area contributed by atoms with Gasteiger partial charge in [0.15, 0.2) is 0 Å². The summed E-state index contributed by atoms with van der Waals surface area (Å²) in [5.74, 6) is 0. The zero-order valence-electron chi connectivity index (χ0n) is 21.3. The number of hydrogen-bond donors (Lipinski definition) is 1. The molecule has 0 saturated carbocycles. The van der Waals surface area contributed by atoms with E-state index in [9.17, 15) is 10.4 Å². The van der Waals surface area contributed by atoms with Gasteiger partial charge in [-0.3, -0.25) is 14.9 Å². The molecule has 2 aliphatic heterocycles. The molecule has 1 aromatic carbocycles. The molecule has 3 atom stereocenters. The predicted octanol–water partition coefficient (Wildman–Crippen LogP) is 3.11. The fourth-order valence-electron chi connectivity index (χ4n) is 5.61. The van der Waals surface area contributed by atoms with Crippen LogP contribution >= 0.6 is 0 Å². The molecule has 8 heteroatoms. The second-order valence-corrected chi connectivity index (χ2v) is 10.0. The van der Waals surface area contributed by atoms with Crippen LogP contribution in [-0.2, 0) is 11.3 Å². The Labute approximate surface area is 212 Å². The number of hydrogen-bond acceptors (Lipinski definition) is 8. The molecular formula is C28H34N6O2. The lowest BCUT2D eigenvalue weighted by Crippen LogP contribution is -2.57. The molecule has 0 amide bonds. The van der Waals surface area contributed by atoms with Crippen LogP contribution in [0.2, 0.25) is 0 Å². The van der Waals surface area contributed by atoms with Crippen LogP contribution in [0.3, 0.4) is 0 Å². The third-order valence-corrected chi connectivity index (χ3v) is 7.26. The second-order valence-electron chi connectivity index (χ2n) is 10.0. The Morgan fingerprint density at radius 1 is 1.11 bits per heavy atom. The van der Waals surface area contributed by atoms with Crippen LogP contribution in [0.5, 0.6) is 0 Å². The van der Waals surface area contributed by atoms with Crippen molar-refractivity contribution in [2.75, 3.05) is 49.1 Å². The molecule has 8 nitrogen and oxygen atoms in total. The van der Waals surface area contributed by atoms with Crippen molar-refractivity contribution >= 4 is 22.3 Å². The van der Waals surface area contributed by atoms with E-state index in [4.69, 9.17) is 4.74 Å². The van der Waals surface area contributed by atoms with Gasteiger partial charge in [0, 0.05) is 74.0 Å². The Kier molecular flexibility index (Phi) is 7.06. The third kappa shape index (κ3) is 5.00. The van der Waals surface area contributed by atoms with Crippen LogP contribution in [0.15, 0.2) is 42.6 Å². The Morgan fingerprint density at radius 2 is 1.97 bits per heavy atom. The van der Waals surface area contributed by atoms with Gasteiger partial charge in [0.05, 0.1) is 35.6 Å². The summed E-state index contributed by atoms with van der Waals surface area (Å²) in [5, 5.41) is 20.1. The van der Waals surface area contributed by atoms with E-state index in [1.54, 1.807) is 6.20 Å². The molecule has 2 aromatic heterocycles. The quantitative estimate of drug-likeness (QED) is 0.589. The average molecular weight is 487 g/mol. The van der Waals surface area contributed by atoms with Gasteiger partial charge in [0.2, 0.25) is 0 Å². The summed E-state index contributed by atoms with van der Waals surface area (Å²) in [5.41, 5.74) is 5.26. The van der Waals surface area contributed by atoms with E-state index < -0.39 is 0 Å². The fraction of sp³-hybridized carbons (Fsp3) is 0.464. The van der Waals surface area contributed by atoms with Crippen LogP contribution in [0.4, 0.5) is 11.4 Å². The molecule has 3 aromatic rings. The van der Waals surface area contributed by atoms with Gasteiger partial charge in [-0.25, -0.2) is 0 Å². The molecule has 2 aliphatic rings. The molecule has 36 heavy (non-hydrogen) atoms. The molecule has 0 aliphatic carbocycles. The number of pyridine rings is 2. The molecule has 2 fully saturated rings. The Balaban J connectivity index is 1.28. The van der Waals surface area contributed by atoms with Crippen molar-refractivity contribution in [1.29, 1.82) is 5.26 Å². The summed E-state index contributed by atoms with van der Waals surface area (Å²) in [4.78, 5) is 16.2. The number of ether oxygens (including phenoxy) is 1. The van der Waals surface area contributed by atoms with Crippen molar-refractivity contribution < 1.29 is 9.84 Å². The Hall–Kier alpha value is -3.25. The van der Waals surface area contributed by atoms with Crippen molar-refractivity contribution in [2.24, 2.45) is 0 Å². The summed E-state index contributed by atoms with van der Waals surface area (Å²) < 4.78 is 6.40. The van der Waals surface area contributed by atoms with Crippen LogP contribution in [-0.4, -0.2) is 77.5 Å². The summed E-state index contributed by atoms with van der Waals surface area (Å²) in [7, 11) is 0. The topological polar surface area (TPSA) is 88.8 Å². The van der Waals surface area contributed by atoms with Crippen LogP contribution in [0.1, 0.15) is 30.8 Å². The van der Waals surface area contributed by atoms with E-state index >= 15 is 0 Å². The number of aliphatic hydroxyl groups is 1. The van der Waals surface area contributed by atoms with Crippen LogP contribution in [0, 0.1) is 18.3 Å². The lowest BCUT2D eigenvalue weighted by Gasteiger charge is -2.45. The van der Waals surface area contributed by atoms with E-state index in [-0.39, 0.29) is 18.8 Å². The first-order valence-electron chi connectivity index (χ1n) is 12.7. The minimum absolute atomic E-state index is 0.0392. The molecule has 1 N–H and O–H groups in total. The highest BCUT2D eigenvalue weighted by atomic mass is 16.5. The van der Waals surface area contributed by atoms with Crippen molar-refractivity contribution in [3.63, 3.8) is 0 Å². The fourth-order valence-corrected chi connectivity index (χ4v) is 5.61. The summed E-state index contributed by atoms with van der Waals surface area (Å²) in [6.45, 7) is 11.6. The number of nitriles is 1. The average Bonchev–Trinajstić information content (AvgIpc) is 2.88.